The molecule has 0 radical (unpaired) electrons. The third-order valence-corrected chi connectivity index (χ3v) is 6.27. The number of ether oxygens (including phenoxy) is 3. The van der Waals surface area contributed by atoms with Crippen molar-refractivity contribution in [1.29, 1.82) is 0 Å². The van der Waals surface area contributed by atoms with Crippen molar-refractivity contribution in [3.63, 3.8) is 0 Å². The molecule has 0 fully saturated rings. The van der Waals surface area contributed by atoms with Gasteiger partial charge in [-0.1, -0.05) is 72.8 Å². The van der Waals surface area contributed by atoms with Crippen LogP contribution in [0.2, 0.25) is 0 Å². The number of esters is 1. The van der Waals surface area contributed by atoms with Crippen LogP contribution >= 0.6 is 0 Å². The molecule has 41 heavy (non-hydrogen) atoms. The third kappa shape index (κ3) is 11.4. The van der Waals surface area contributed by atoms with Gasteiger partial charge in [0.1, 0.15) is 19.3 Å². The van der Waals surface area contributed by atoms with Crippen LogP contribution in [0.15, 0.2) is 72.8 Å². The topological polar surface area (TPSA) is 152 Å². The number of hydrogen-bond donors (Lipinski definition) is 4. The lowest BCUT2D eigenvalue weighted by atomic mass is 9.97. The lowest BCUT2D eigenvalue weighted by Crippen LogP contribution is -2.44. The molecule has 0 saturated heterocycles. The molecule has 0 bridgehead atoms. The van der Waals surface area contributed by atoms with Gasteiger partial charge in [-0.15, -0.1) is 0 Å². The molecular formula is C30H37N3O8. The van der Waals surface area contributed by atoms with Crippen LogP contribution in [-0.2, 0) is 35.2 Å². The number of hydrogen-bond acceptors (Lipinski definition) is 8. The molecular weight excluding hydrogens is 530 g/mol. The number of amides is 3. The number of rotatable bonds is 11. The normalized spacial score (nSPS) is 19.6. The van der Waals surface area contributed by atoms with E-state index in [4.69, 9.17) is 19.3 Å². The van der Waals surface area contributed by atoms with Gasteiger partial charge in [0, 0.05) is 13.0 Å². The number of benzene rings is 2. The van der Waals surface area contributed by atoms with Crippen molar-refractivity contribution in [3.05, 3.63) is 83.9 Å². The van der Waals surface area contributed by atoms with E-state index in [9.17, 15) is 19.2 Å². The van der Waals surface area contributed by atoms with E-state index in [0.29, 0.717) is 0 Å². The van der Waals surface area contributed by atoms with E-state index in [1.54, 1.807) is 36.4 Å². The average molecular weight is 568 g/mol. The minimum atomic E-state index is -1.01. The van der Waals surface area contributed by atoms with Gasteiger partial charge in [-0.3, -0.25) is 9.59 Å². The van der Waals surface area contributed by atoms with Gasteiger partial charge in [0.2, 0.25) is 11.8 Å². The summed E-state index contributed by atoms with van der Waals surface area (Å²) >= 11 is 0. The average Bonchev–Trinajstić information content (AvgIpc) is 2.99. The number of aliphatic hydroxyl groups excluding tert-OH is 1. The first-order chi connectivity index (χ1) is 20.0. The summed E-state index contributed by atoms with van der Waals surface area (Å²) in [6.45, 7) is 0.440. The monoisotopic (exact) mass is 567 g/mol. The molecule has 0 saturated carbocycles. The van der Waals surface area contributed by atoms with Crippen LogP contribution in [0.1, 0.15) is 36.4 Å². The first kappa shape index (κ1) is 31.3. The Kier molecular flexibility index (Phi) is 13.3. The van der Waals surface area contributed by atoms with Crippen molar-refractivity contribution < 1.29 is 38.5 Å². The van der Waals surface area contributed by atoms with Gasteiger partial charge in [0.25, 0.3) is 0 Å². The van der Waals surface area contributed by atoms with Crippen molar-refractivity contribution in [2.24, 2.45) is 5.92 Å². The summed E-state index contributed by atoms with van der Waals surface area (Å²) in [6.07, 6.45) is 2.89. The van der Waals surface area contributed by atoms with Gasteiger partial charge in [-0.25, -0.2) is 9.59 Å². The van der Waals surface area contributed by atoms with E-state index in [2.05, 4.69) is 16.0 Å². The summed E-state index contributed by atoms with van der Waals surface area (Å²) in [5.74, 6) is -2.03. The van der Waals surface area contributed by atoms with Crippen LogP contribution in [0.3, 0.4) is 0 Å². The molecule has 3 atom stereocenters. The Balaban J connectivity index is 1.68. The third-order valence-electron chi connectivity index (χ3n) is 6.27. The van der Waals surface area contributed by atoms with E-state index >= 15 is 0 Å². The van der Waals surface area contributed by atoms with Crippen molar-refractivity contribution in [1.82, 2.24) is 16.0 Å². The van der Waals surface area contributed by atoms with Crippen LogP contribution < -0.4 is 16.0 Å². The lowest BCUT2D eigenvalue weighted by Gasteiger charge is -2.24. The molecule has 11 nitrogen and oxygen atoms in total. The number of nitrogens with one attached hydrogen (secondary N) is 3. The predicted octanol–water partition coefficient (Wildman–Crippen LogP) is 2.16. The summed E-state index contributed by atoms with van der Waals surface area (Å²) in [5, 5.41) is 17.0. The van der Waals surface area contributed by atoms with E-state index in [1.165, 1.54) is 0 Å². The Bertz CT molecular complexity index is 1140. The molecule has 2 aromatic rings. The Morgan fingerprint density at radius 2 is 1.68 bits per heavy atom. The SMILES string of the molecule is O=C(C[C@H]1CC=CC[C@@H](NC(=O)OCc2ccccc2)C(=O)OC[C@@H](c2ccccc2)NC1=O)NCCOCCO. The van der Waals surface area contributed by atoms with Crippen LogP contribution in [0.25, 0.3) is 0 Å². The summed E-state index contributed by atoms with van der Waals surface area (Å²) in [5.41, 5.74) is 1.52. The fraction of sp³-hybridized carbons (Fsp3) is 0.400. The van der Waals surface area contributed by atoms with Crippen molar-refractivity contribution in [2.45, 2.75) is 38.0 Å². The van der Waals surface area contributed by atoms with Gasteiger partial charge in [0.05, 0.1) is 31.8 Å². The molecule has 4 N–H and O–H groups in total. The van der Waals surface area contributed by atoms with E-state index in [-0.39, 0.29) is 70.7 Å². The number of aliphatic hydroxyl groups is 1. The second-order valence-electron chi connectivity index (χ2n) is 9.39. The second kappa shape index (κ2) is 17.5. The van der Waals surface area contributed by atoms with Crippen molar-refractivity contribution in [3.8, 4) is 0 Å². The highest BCUT2D eigenvalue weighted by Crippen LogP contribution is 2.19. The highest BCUT2D eigenvalue weighted by atomic mass is 16.6. The maximum Gasteiger partial charge on any atom is 0.408 e. The highest BCUT2D eigenvalue weighted by molar-refractivity contribution is 5.86. The molecule has 0 unspecified atom stereocenters. The van der Waals surface area contributed by atoms with Gasteiger partial charge < -0.3 is 35.3 Å². The first-order valence-electron chi connectivity index (χ1n) is 13.6. The maximum absolute atomic E-state index is 13.3. The number of carbonyl (C=O) groups is 4. The van der Waals surface area contributed by atoms with Gasteiger partial charge in [0.15, 0.2) is 0 Å². The lowest BCUT2D eigenvalue weighted by molar-refractivity contribution is -0.147. The van der Waals surface area contributed by atoms with Crippen molar-refractivity contribution in [2.75, 3.05) is 33.0 Å². The predicted molar refractivity (Wildman–Crippen MR) is 149 cm³/mol. The highest BCUT2D eigenvalue weighted by Gasteiger charge is 2.28. The van der Waals surface area contributed by atoms with Gasteiger partial charge >= 0.3 is 12.1 Å². The van der Waals surface area contributed by atoms with Gasteiger partial charge in [-0.05, 0) is 24.0 Å². The molecule has 0 aliphatic carbocycles. The molecule has 220 valence electrons. The standard InChI is InChI=1S/C30H37N3O8/c34-16-18-39-17-15-31-27(35)19-24-13-7-8-14-25(33-30(38)41-20-22-9-3-1-4-10-22)29(37)40-21-26(32-28(24)36)23-11-5-2-6-12-23/h1-12,24-26,34H,13-21H2,(H,31,35)(H,32,36)(H,33,38)/t24-,25-,26+/m1/s1. The fourth-order valence-electron chi connectivity index (χ4n) is 4.08. The molecule has 1 aliphatic rings. The maximum atomic E-state index is 13.3. The Hall–Kier alpha value is -4.22. The zero-order valence-corrected chi connectivity index (χ0v) is 22.8. The smallest absolute Gasteiger partial charge is 0.408 e. The molecule has 1 heterocycles. The number of allylic oxidation sites excluding steroid dienone is 1. The quantitative estimate of drug-likeness (QED) is 0.183. The van der Waals surface area contributed by atoms with Crippen LogP contribution in [0.5, 0.6) is 0 Å². The van der Waals surface area contributed by atoms with Crippen LogP contribution in [0, 0.1) is 5.92 Å². The Morgan fingerprint density at radius 1 is 0.976 bits per heavy atom. The molecule has 0 aromatic heterocycles. The zero-order chi connectivity index (χ0) is 29.3. The molecule has 0 spiro atoms. The Labute approximate surface area is 239 Å². The van der Waals surface area contributed by atoms with E-state index in [0.717, 1.165) is 11.1 Å². The molecule has 3 rings (SSSR count). The summed E-state index contributed by atoms with van der Waals surface area (Å²) in [6, 6.07) is 16.5. The number of cyclic esters (lactones) is 1. The minimum absolute atomic E-state index is 0.0453. The Morgan fingerprint density at radius 3 is 2.41 bits per heavy atom. The minimum Gasteiger partial charge on any atom is -0.462 e. The number of alkyl carbamates (subject to hydrolysis) is 1. The second-order valence-corrected chi connectivity index (χ2v) is 9.39. The van der Waals surface area contributed by atoms with E-state index < -0.39 is 30.1 Å². The zero-order valence-electron chi connectivity index (χ0n) is 22.8. The summed E-state index contributed by atoms with van der Waals surface area (Å²) < 4.78 is 16.0. The molecule has 1 aliphatic heterocycles. The molecule has 11 heteroatoms. The molecule has 2 aromatic carbocycles. The largest absolute Gasteiger partial charge is 0.462 e. The van der Waals surface area contributed by atoms with E-state index in [1.807, 2.05) is 36.4 Å². The first-order valence-corrected chi connectivity index (χ1v) is 13.6. The van der Waals surface area contributed by atoms with Crippen LogP contribution in [0.4, 0.5) is 4.79 Å². The summed E-state index contributed by atoms with van der Waals surface area (Å²) in [4.78, 5) is 51.2. The fourth-order valence-corrected chi connectivity index (χ4v) is 4.08. The van der Waals surface area contributed by atoms with Crippen LogP contribution in [-0.4, -0.2) is 68.0 Å². The van der Waals surface area contributed by atoms with Gasteiger partial charge in [-0.2, -0.15) is 0 Å². The molecule has 3 amide bonds. The summed E-state index contributed by atoms with van der Waals surface area (Å²) in [7, 11) is 0. The number of carbonyl (C=O) groups excluding carboxylic acids is 4. The van der Waals surface area contributed by atoms with Crippen molar-refractivity contribution >= 4 is 23.9 Å².